The lowest BCUT2D eigenvalue weighted by atomic mass is 9.93. The van der Waals surface area contributed by atoms with Crippen LogP contribution in [0.3, 0.4) is 0 Å². The van der Waals surface area contributed by atoms with Crippen molar-refractivity contribution in [1.82, 2.24) is 20.1 Å². The summed E-state index contributed by atoms with van der Waals surface area (Å²) in [5.41, 5.74) is -1.12. The van der Waals surface area contributed by atoms with Gasteiger partial charge in [-0.05, 0) is 38.3 Å². The summed E-state index contributed by atoms with van der Waals surface area (Å²) >= 11 is 0. The molecule has 0 aromatic carbocycles. The summed E-state index contributed by atoms with van der Waals surface area (Å²) in [6.07, 6.45) is 4.02. The molecule has 0 radical (unpaired) electrons. The molecule has 1 aliphatic heterocycles. The van der Waals surface area contributed by atoms with E-state index in [1.165, 1.54) is 6.33 Å². The second-order valence-electron chi connectivity index (χ2n) is 5.68. The summed E-state index contributed by atoms with van der Waals surface area (Å²) in [6.45, 7) is 6.75. The largest absolute Gasteiger partial charge is 0.317 e. The predicted molar refractivity (Wildman–Crippen MR) is 69.1 cm³/mol. The number of nitrogens with one attached hydrogen (secondary N) is 1. The van der Waals surface area contributed by atoms with Crippen LogP contribution in [-0.4, -0.2) is 33.5 Å². The number of nitrogens with zero attached hydrogens (tertiary/aromatic N) is 3. The summed E-state index contributed by atoms with van der Waals surface area (Å²) in [4.78, 5) is 4.23. The Balaban J connectivity index is 2.05. The molecule has 1 atom stereocenters. The van der Waals surface area contributed by atoms with E-state index >= 15 is 0 Å². The first-order valence-corrected chi connectivity index (χ1v) is 6.85. The third-order valence-corrected chi connectivity index (χ3v) is 3.44. The molecular formula is C13H23FN4. The van der Waals surface area contributed by atoms with E-state index in [1.807, 2.05) is 4.68 Å². The summed E-state index contributed by atoms with van der Waals surface area (Å²) in [5, 5.41) is 7.45. The smallest absolute Gasteiger partial charge is 0.138 e. The Morgan fingerprint density at radius 1 is 1.44 bits per heavy atom. The Morgan fingerprint density at radius 3 is 3.06 bits per heavy atom. The first-order chi connectivity index (χ1) is 8.59. The quantitative estimate of drug-likeness (QED) is 0.893. The molecule has 0 spiro atoms. The first-order valence-electron chi connectivity index (χ1n) is 6.85. The molecule has 4 nitrogen and oxygen atoms in total. The molecule has 1 saturated heterocycles. The van der Waals surface area contributed by atoms with E-state index in [2.05, 4.69) is 29.2 Å². The van der Waals surface area contributed by atoms with Crippen LogP contribution in [0.1, 0.15) is 38.9 Å². The van der Waals surface area contributed by atoms with Gasteiger partial charge in [0, 0.05) is 13.0 Å². The zero-order chi connectivity index (χ0) is 13.0. The van der Waals surface area contributed by atoms with Gasteiger partial charge in [0.1, 0.15) is 17.8 Å². The van der Waals surface area contributed by atoms with Crippen LogP contribution in [0, 0.1) is 5.92 Å². The highest BCUT2D eigenvalue weighted by Crippen LogP contribution is 2.28. The number of rotatable bonds is 4. The zero-order valence-corrected chi connectivity index (χ0v) is 11.3. The summed E-state index contributed by atoms with van der Waals surface area (Å²) in [5.74, 6) is 1.28. The topological polar surface area (TPSA) is 42.7 Å². The minimum Gasteiger partial charge on any atom is -0.317 e. The van der Waals surface area contributed by atoms with Crippen LogP contribution >= 0.6 is 0 Å². The third kappa shape index (κ3) is 3.51. The number of alkyl halides is 1. The van der Waals surface area contributed by atoms with Gasteiger partial charge < -0.3 is 5.32 Å². The van der Waals surface area contributed by atoms with Crippen LogP contribution in [-0.2, 0) is 13.0 Å². The lowest BCUT2D eigenvalue weighted by Crippen LogP contribution is -2.29. The normalized spacial score (nSPS) is 25.3. The first kappa shape index (κ1) is 13.5. The van der Waals surface area contributed by atoms with Gasteiger partial charge in [0.2, 0.25) is 0 Å². The van der Waals surface area contributed by atoms with Gasteiger partial charge >= 0.3 is 0 Å². The fraction of sp³-hybridized carbons (Fsp3) is 0.846. The molecule has 0 aliphatic carbocycles. The van der Waals surface area contributed by atoms with E-state index in [-0.39, 0.29) is 0 Å². The van der Waals surface area contributed by atoms with Crippen molar-refractivity contribution in [3.05, 3.63) is 12.2 Å². The van der Waals surface area contributed by atoms with Gasteiger partial charge in [-0.15, -0.1) is 0 Å². The lowest BCUT2D eigenvalue weighted by molar-refractivity contribution is 0.139. The molecule has 1 aromatic rings. The van der Waals surface area contributed by atoms with Gasteiger partial charge in [-0.2, -0.15) is 5.10 Å². The summed E-state index contributed by atoms with van der Waals surface area (Å²) in [7, 11) is 0. The van der Waals surface area contributed by atoms with Crippen LogP contribution in [0.15, 0.2) is 6.33 Å². The molecule has 1 N–H and O–H groups in total. The summed E-state index contributed by atoms with van der Waals surface area (Å²) < 4.78 is 16.6. The molecule has 0 bridgehead atoms. The highest BCUT2D eigenvalue weighted by atomic mass is 19.1. The molecule has 0 saturated carbocycles. The number of hydrogen-bond donors (Lipinski definition) is 1. The molecule has 1 aromatic heterocycles. The van der Waals surface area contributed by atoms with Gasteiger partial charge in [-0.3, -0.25) is 0 Å². The molecule has 1 unspecified atom stereocenters. The zero-order valence-electron chi connectivity index (χ0n) is 11.3. The Bertz CT molecular complexity index is 367. The Hall–Kier alpha value is -0.970. The third-order valence-electron chi connectivity index (χ3n) is 3.44. The highest BCUT2D eigenvalue weighted by Gasteiger charge is 2.32. The standard InChI is InChI=1S/C13H23FN4/c1-11(2)9-18-12(16-10-17-18)8-13(14)4-3-6-15-7-5-13/h10-11,15H,3-9H2,1-2H3. The fourth-order valence-electron chi connectivity index (χ4n) is 2.48. The minimum absolute atomic E-state index is 0.390. The van der Waals surface area contributed by atoms with E-state index < -0.39 is 5.67 Å². The average molecular weight is 254 g/mol. The van der Waals surface area contributed by atoms with Gasteiger partial charge in [0.15, 0.2) is 0 Å². The van der Waals surface area contributed by atoms with Gasteiger partial charge in [0.05, 0.1) is 0 Å². The van der Waals surface area contributed by atoms with E-state index in [9.17, 15) is 4.39 Å². The van der Waals surface area contributed by atoms with Crippen LogP contribution in [0.4, 0.5) is 4.39 Å². The number of aromatic nitrogens is 3. The monoisotopic (exact) mass is 254 g/mol. The van der Waals surface area contributed by atoms with E-state index in [0.717, 1.165) is 31.9 Å². The molecular weight excluding hydrogens is 231 g/mol. The Morgan fingerprint density at radius 2 is 2.28 bits per heavy atom. The molecule has 5 heteroatoms. The molecule has 2 heterocycles. The molecule has 1 aliphatic rings. The average Bonchev–Trinajstić information content (AvgIpc) is 2.59. The fourth-order valence-corrected chi connectivity index (χ4v) is 2.48. The number of halogens is 1. The van der Waals surface area contributed by atoms with Crippen molar-refractivity contribution in [2.24, 2.45) is 5.92 Å². The van der Waals surface area contributed by atoms with E-state index in [0.29, 0.717) is 25.2 Å². The van der Waals surface area contributed by atoms with Crippen LogP contribution < -0.4 is 5.32 Å². The van der Waals surface area contributed by atoms with Gasteiger partial charge in [-0.25, -0.2) is 14.1 Å². The van der Waals surface area contributed by atoms with Gasteiger partial charge in [0.25, 0.3) is 0 Å². The lowest BCUT2D eigenvalue weighted by Gasteiger charge is -2.23. The maximum Gasteiger partial charge on any atom is 0.138 e. The van der Waals surface area contributed by atoms with Crippen LogP contribution in [0.25, 0.3) is 0 Å². The molecule has 18 heavy (non-hydrogen) atoms. The minimum atomic E-state index is -1.12. The predicted octanol–water partition coefficient (Wildman–Crippen LogP) is 1.96. The van der Waals surface area contributed by atoms with E-state index in [4.69, 9.17) is 0 Å². The molecule has 1 fully saturated rings. The molecule has 102 valence electrons. The van der Waals surface area contributed by atoms with Crippen molar-refractivity contribution in [1.29, 1.82) is 0 Å². The maximum absolute atomic E-state index is 14.8. The second-order valence-corrected chi connectivity index (χ2v) is 5.68. The van der Waals surface area contributed by atoms with Crippen LogP contribution in [0.5, 0.6) is 0 Å². The highest BCUT2D eigenvalue weighted by molar-refractivity contribution is 4.96. The maximum atomic E-state index is 14.8. The van der Waals surface area contributed by atoms with Crippen molar-refractivity contribution in [2.45, 2.75) is 51.7 Å². The Kier molecular flexibility index (Phi) is 4.32. The van der Waals surface area contributed by atoms with Crippen molar-refractivity contribution in [3.8, 4) is 0 Å². The van der Waals surface area contributed by atoms with E-state index in [1.54, 1.807) is 0 Å². The van der Waals surface area contributed by atoms with Gasteiger partial charge in [-0.1, -0.05) is 13.8 Å². The molecule has 0 amide bonds. The second kappa shape index (κ2) is 5.78. The van der Waals surface area contributed by atoms with Crippen LogP contribution in [0.2, 0.25) is 0 Å². The summed E-state index contributed by atoms with van der Waals surface area (Å²) in [6, 6.07) is 0. The number of hydrogen-bond acceptors (Lipinski definition) is 3. The van der Waals surface area contributed by atoms with Crippen molar-refractivity contribution in [2.75, 3.05) is 13.1 Å². The van der Waals surface area contributed by atoms with Crippen molar-refractivity contribution >= 4 is 0 Å². The molecule has 2 rings (SSSR count). The SMILES string of the molecule is CC(C)Cn1ncnc1CC1(F)CCCNCC1. The van der Waals surface area contributed by atoms with Crippen molar-refractivity contribution < 1.29 is 4.39 Å². The van der Waals surface area contributed by atoms with Crippen molar-refractivity contribution in [3.63, 3.8) is 0 Å². The Labute approximate surface area is 108 Å².